The topological polar surface area (TPSA) is 58.7 Å². The van der Waals surface area contributed by atoms with Crippen LogP contribution in [0.15, 0.2) is 36.9 Å². The quantitative estimate of drug-likeness (QED) is 0.664. The molecule has 3 atom stereocenters. The molecule has 2 unspecified atom stereocenters. The van der Waals surface area contributed by atoms with Gasteiger partial charge in [0.05, 0.1) is 17.4 Å². The van der Waals surface area contributed by atoms with E-state index in [1.165, 1.54) is 0 Å². The van der Waals surface area contributed by atoms with Crippen LogP contribution in [0, 0.1) is 5.92 Å². The highest BCUT2D eigenvalue weighted by Crippen LogP contribution is 2.51. The number of alkyl halides is 2. The lowest BCUT2D eigenvalue weighted by molar-refractivity contribution is -0.138. The van der Waals surface area contributed by atoms with Gasteiger partial charge < -0.3 is 9.80 Å². The molecule has 2 bridgehead atoms. The number of hydrogen-bond donors (Lipinski definition) is 0. The maximum atomic E-state index is 13.5. The predicted octanol–water partition coefficient (Wildman–Crippen LogP) is 2.57. The second-order valence-corrected chi connectivity index (χ2v) is 8.73. The fraction of sp³-hybridized carbons (Fsp3) is 0.476. The van der Waals surface area contributed by atoms with Crippen LogP contribution in [-0.4, -0.2) is 61.3 Å². The highest BCUT2D eigenvalue weighted by atomic mass is 19.3. The second kappa shape index (κ2) is 6.02. The highest BCUT2D eigenvalue weighted by molar-refractivity contribution is 5.85. The third kappa shape index (κ3) is 2.64. The molecule has 9 heteroatoms. The molecule has 6 rings (SSSR count). The largest absolute Gasteiger partial charge is 0.366 e. The number of hydrogen-bond acceptors (Lipinski definition) is 4. The van der Waals surface area contributed by atoms with Crippen LogP contribution in [0.5, 0.6) is 0 Å². The van der Waals surface area contributed by atoms with Crippen LogP contribution in [0.25, 0.3) is 16.6 Å². The van der Waals surface area contributed by atoms with Crippen LogP contribution in [0.3, 0.4) is 0 Å². The van der Waals surface area contributed by atoms with Crippen LogP contribution in [0.2, 0.25) is 0 Å². The van der Waals surface area contributed by atoms with Gasteiger partial charge in [0, 0.05) is 68.4 Å². The number of amides is 1. The van der Waals surface area contributed by atoms with Crippen molar-refractivity contribution in [3.63, 3.8) is 0 Å². The van der Waals surface area contributed by atoms with Gasteiger partial charge in [0.25, 0.3) is 5.92 Å². The molecule has 30 heavy (non-hydrogen) atoms. The summed E-state index contributed by atoms with van der Waals surface area (Å²) >= 11 is 0. The fourth-order valence-electron chi connectivity index (χ4n) is 5.12. The smallest absolute Gasteiger partial charge is 0.260 e. The van der Waals surface area contributed by atoms with Gasteiger partial charge in [0.15, 0.2) is 0 Å². The van der Waals surface area contributed by atoms with E-state index >= 15 is 0 Å². The highest BCUT2D eigenvalue weighted by Gasteiger charge is 2.64. The van der Waals surface area contributed by atoms with Gasteiger partial charge in [-0.1, -0.05) is 0 Å². The molecule has 3 aromatic rings. The molecule has 0 radical (unpaired) electrons. The van der Waals surface area contributed by atoms with Crippen molar-refractivity contribution in [2.75, 3.05) is 18.0 Å². The normalized spacial score (nSPS) is 27.1. The summed E-state index contributed by atoms with van der Waals surface area (Å²) in [5, 5.41) is 8.69. The maximum Gasteiger partial charge on any atom is 0.260 e. The number of carbonyl (C=O) groups excluding carboxylic acids is 1. The fourth-order valence-corrected chi connectivity index (χ4v) is 5.12. The van der Waals surface area contributed by atoms with Gasteiger partial charge in [-0.15, -0.1) is 0 Å². The Labute approximate surface area is 171 Å². The Morgan fingerprint density at radius 3 is 2.50 bits per heavy atom. The Bertz CT molecular complexity index is 1140. The molecule has 0 aromatic carbocycles. The zero-order valence-corrected chi connectivity index (χ0v) is 16.6. The number of aromatic nitrogens is 4. The molecule has 1 aliphatic carbocycles. The lowest BCUT2D eigenvalue weighted by atomic mass is 10.1. The number of halogens is 2. The summed E-state index contributed by atoms with van der Waals surface area (Å²) in [4.78, 5) is 16.7. The van der Waals surface area contributed by atoms with Gasteiger partial charge >= 0.3 is 0 Å². The summed E-state index contributed by atoms with van der Waals surface area (Å²) in [5.41, 5.74) is 4.11. The van der Waals surface area contributed by atoms with Crippen molar-refractivity contribution in [2.24, 2.45) is 13.0 Å². The first-order chi connectivity index (χ1) is 14.4. The Kier molecular flexibility index (Phi) is 3.58. The summed E-state index contributed by atoms with van der Waals surface area (Å²) in [6.45, 7) is 1.32. The number of fused-ring (bicyclic) bond motifs is 3. The molecule has 0 spiro atoms. The molecule has 3 fully saturated rings. The van der Waals surface area contributed by atoms with E-state index in [4.69, 9.17) is 0 Å². The Hall–Kier alpha value is -2.97. The molecule has 3 aromatic heterocycles. The Balaban J connectivity index is 1.29. The minimum Gasteiger partial charge on any atom is -0.366 e. The number of aryl methyl sites for hydroxylation is 1. The summed E-state index contributed by atoms with van der Waals surface area (Å²) in [6.07, 6.45) is 9.00. The number of anilines is 1. The van der Waals surface area contributed by atoms with Crippen molar-refractivity contribution in [2.45, 2.75) is 37.3 Å². The number of piperazine rings is 1. The number of nitrogens with zero attached hydrogens (tertiary/aromatic N) is 6. The predicted molar refractivity (Wildman–Crippen MR) is 106 cm³/mol. The number of rotatable bonds is 3. The Morgan fingerprint density at radius 1 is 1.13 bits per heavy atom. The molecule has 7 nitrogen and oxygen atoms in total. The van der Waals surface area contributed by atoms with Gasteiger partial charge in [-0.2, -0.15) is 10.2 Å². The minimum atomic E-state index is -2.81. The molecular weight excluding hydrogens is 390 g/mol. The van der Waals surface area contributed by atoms with E-state index in [-0.39, 0.29) is 24.4 Å². The third-order valence-corrected chi connectivity index (χ3v) is 6.73. The maximum absolute atomic E-state index is 13.5. The van der Waals surface area contributed by atoms with Crippen LogP contribution < -0.4 is 4.90 Å². The SMILES string of the molecule is Cn1cc(-c2cc3c(N4CC5CCC(C4)N5C(=O)[C@@H]4CC4(F)F)ccnn3c2)cn1. The van der Waals surface area contributed by atoms with Crippen LogP contribution in [-0.2, 0) is 11.8 Å². The molecule has 0 N–H and O–H groups in total. The standard InChI is InChI=1S/C21H22F2N6O/c1-26-9-14(8-25-26)13-6-19-18(4-5-24-28(19)10-13)27-11-15-2-3-16(12-27)29(15)20(30)17-7-21(17,22)23/h4-6,8-10,15-17H,2-3,7,11-12H2,1H3/t15?,16?,17-/m0/s1. The van der Waals surface area contributed by atoms with Crippen LogP contribution >= 0.6 is 0 Å². The molecule has 1 saturated carbocycles. The molecular formula is C21H22F2N6O. The average molecular weight is 412 g/mol. The van der Waals surface area contributed by atoms with Gasteiger partial charge in [0.1, 0.15) is 5.92 Å². The summed E-state index contributed by atoms with van der Waals surface area (Å²) in [6, 6.07) is 4.08. The molecule has 1 amide bonds. The van der Waals surface area contributed by atoms with E-state index in [0.29, 0.717) is 13.1 Å². The van der Waals surface area contributed by atoms with E-state index < -0.39 is 11.8 Å². The van der Waals surface area contributed by atoms with Crippen molar-refractivity contribution in [1.82, 2.24) is 24.3 Å². The molecule has 3 aliphatic rings. The van der Waals surface area contributed by atoms with Gasteiger partial charge in [-0.25, -0.2) is 13.3 Å². The van der Waals surface area contributed by atoms with E-state index in [1.807, 2.05) is 36.2 Å². The van der Waals surface area contributed by atoms with E-state index in [0.717, 1.165) is 35.2 Å². The van der Waals surface area contributed by atoms with Gasteiger partial charge in [0.2, 0.25) is 5.91 Å². The lowest BCUT2D eigenvalue weighted by Crippen LogP contribution is -2.56. The van der Waals surface area contributed by atoms with Crippen molar-refractivity contribution in [1.29, 1.82) is 0 Å². The van der Waals surface area contributed by atoms with Gasteiger partial charge in [-0.3, -0.25) is 9.48 Å². The van der Waals surface area contributed by atoms with E-state index in [1.54, 1.807) is 15.8 Å². The molecule has 2 saturated heterocycles. The summed E-state index contributed by atoms with van der Waals surface area (Å²) in [5.74, 6) is -4.26. The molecule has 2 aliphatic heterocycles. The lowest BCUT2D eigenvalue weighted by Gasteiger charge is -2.42. The average Bonchev–Trinajstić information content (AvgIpc) is 3.09. The summed E-state index contributed by atoms with van der Waals surface area (Å²) < 4.78 is 30.6. The first-order valence-electron chi connectivity index (χ1n) is 10.3. The number of carbonyl (C=O) groups is 1. The zero-order chi connectivity index (χ0) is 20.6. The van der Waals surface area contributed by atoms with Crippen LogP contribution in [0.4, 0.5) is 14.5 Å². The summed E-state index contributed by atoms with van der Waals surface area (Å²) in [7, 11) is 1.89. The zero-order valence-electron chi connectivity index (χ0n) is 16.6. The first-order valence-corrected chi connectivity index (χ1v) is 10.3. The van der Waals surface area contributed by atoms with Crippen molar-refractivity contribution in [3.8, 4) is 11.1 Å². The Morgan fingerprint density at radius 2 is 1.87 bits per heavy atom. The van der Waals surface area contributed by atoms with Crippen molar-refractivity contribution >= 4 is 17.1 Å². The van der Waals surface area contributed by atoms with Crippen molar-refractivity contribution in [3.05, 3.63) is 36.9 Å². The monoisotopic (exact) mass is 412 g/mol. The minimum absolute atomic E-state index is 0.00591. The van der Waals surface area contributed by atoms with Crippen molar-refractivity contribution < 1.29 is 13.6 Å². The van der Waals surface area contributed by atoms with E-state index in [2.05, 4.69) is 21.2 Å². The molecule has 5 heterocycles. The van der Waals surface area contributed by atoms with Gasteiger partial charge in [-0.05, 0) is 25.0 Å². The second-order valence-electron chi connectivity index (χ2n) is 8.73. The van der Waals surface area contributed by atoms with Crippen LogP contribution in [0.1, 0.15) is 19.3 Å². The third-order valence-electron chi connectivity index (χ3n) is 6.73. The van der Waals surface area contributed by atoms with E-state index in [9.17, 15) is 13.6 Å². The first kappa shape index (κ1) is 17.9. The molecule has 156 valence electrons.